The standard InChI is InChI=1S/C13H24N2O3/c16-11-8-15(9-12(11)17)7-6-13(18)14-10-4-2-1-3-5-10/h10-12,16-17H,1-9H2,(H,14,18)/t11-,12+. The van der Waals surface area contributed by atoms with Gasteiger partial charge < -0.3 is 15.5 Å². The van der Waals surface area contributed by atoms with Crippen molar-refractivity contribution < 1.29 is 15.0 Å². The average molecular weight is 256 g/mol. The first-order chi connectivity index (χ1) is 8.65. The Hall–Kier alpha value is -0.650. The second-order valence-electron chi connectivity index (χ2n) is 5.55. The zero-order valence-corrected chi connectivity index (χ0v) is 10.8. The summed E-state index contributed by atoms with van der Waals surface area (Å²) in [5, 5.41) is 21.9. The van der Waals surface area contributed by atoms with E-state index in [2.05, 4.69) is 5.32 Å². The van der Waals surface area contributed by atoms with Gasteiger partial charge in [0.2, 0.25) is 5.91 Å². The summed E-state index contributed by atoms with van der Waals surface area (Å²) in [6.45, 7) is 1.56. The summed E-state index contributed by atoms with van der Waals surface area (Å²) >= 11 is 0. The van der Waals surface area contributed by atoms with E-state index in [0.717, 1.165) is 12.8 Å². The predicted octanol–water partition coefficient (Wildman–Crippen LogP) is -0.137. The minimum absolute atomic E-state index is 0.0952. The van der Waals surface area contributed by atoms with Crippen molar-refractivity contribution in [3.63, 3.8) is 0 Å². The highest BCUT2D eigenvalue weighted by Gasteiger charge is 2.29. The van der Waals surface area contributed by atoms with Crippen molar-refractivity contribution in [3.05, 3.63) is 0 Å². The van der Waals surface area contributed by atoms with Crippen LogP contribution in [0.3, 0.4) is 0 Å². The number of carbonyl (C=O) groups excluding carboxylic acids is 1. The summed E-state index contributed by atoms with van der Waals surface area (Å²) in [6.07, 6.45) is 5.06. The van der Waals surface area contributed by atoms with E-state index in [4.69, 9.17) is 0 Å². The number of amides is 1. The fourth-order valence-electron chi connectivity index (χ4n) is 2.84. The molecule has 104 valence electrons. The second-order valence-corrected chi connectivity index (χ2v) is 5.55. The molecule has 5 heteroatoms. The number of hydrogen-bond donors (Lipinski definition) is 3. The summed E-state index contributed by atoms with van der Waals surface area (Å²) in [6, 6.07) is 0.362. The lowest BCUT2D eigenvalue weighted by atomic mass is 9.95. The van der Waals surface area contributed by atoms with Crippen molar-refractivity contribution in [1.82, 2.24) is 10.2 Å². The lowest BCUT2D eigenvalue weighted by molar-refractivity contribution is -0.122. The Labute approximate surface area is 108 Å². The van der Waals surface area contributed by atoms with Gasteiger partial charge in [-0.3, -0.25) is 9.69 Å². The van der Waals surface area contributed by atoms with E-state index in [-0.39, 0.29) is 5.91 Å². The molecule has 0 aromatic rings. The van der Waals surface area contributed by atoms with E-state index in [1.165, 1.54) is 19.3 Å². The van der Waals surface area contributed by atoms with E-state index < -0.39 is 12.2 Å². The monoisotopic (exact) mass is 256 g/mol. The number of aliphatic hydroxyl groups excluding tert-OH is 2. The number of aliphatic hydroxyl groups is 2. The molecule has 2 atom stereocenters. The molecule has 1 saturated carbocycles. The van der Waals surface area contributed by atoms with Gasteiger partial charge in [-0.1, -0.05) is 19.3 Å². The van der Waals surface area contributed by atoms with Gasteiger partial charge in [-0.15, -0.1) is 0 Å². The van der Waals surface area contributed by atoms with Gasteiger partial charge in [-0.05, 0) is 12.8 Å². The first kappa shape index (κ1) is 13.8. The summed E-state index contributed by atoms with van der Waals surface area (Å²) in [5.74, 6) is 0.0952. The lowest BCUT2D eigenvalue weighted by Crippen LogP contribution is -2.38. The van der Waals surface area contributed by atoms with Gasteiger partial charge in [-0.25, -0.2) is 0 Å². The Bertz CT molecular complexity index is 269. The molecule has 0 radical (unpaired) electrons. The van der Waals surface area contributed by atoms with Crippen LogP contribution in [0.25, 0.3) is 0 Å². The van der Waals surface area contributed by atoms with Gasteiger partial charge >= 0.3 is 0 Å². The molecule has 1 heterocycles. The largest absolute Gasteiger partial charge is 0.389 e. The molecule has 0 spiro atoms. The summed E-state index contributed by atoms with van der Waals surface area (Å²) < 4.78 is 0. The highest BCUT2D eigenvalue weighted by atomic mass is 16.3. The zero-order chi connectivity index (χ0) is 13.0. The number of nitrogens with zero attached hydrogens (tertiary/aromatic N) is 1. The van der Waals surface area contributed by atoms with Crippen molar-refractivity contribution in [1.29, 1.82) is 0 Å². The normalized spacial score (nSPS) is 30.6. The Morgan fingerprint density at radius 2 is 1.72 bits per heavy atom. The maximum Gasteiger partial charge on any atom is 0.221 e. The van der Waals surface area contributed by atoms with Crippen LogP contribution in [0.15, 0.2) is 0 Å². The Balaban J connectivity index is 1.62. The molecular formula is C13H24N2O3. The van der Waals surface area contributed by atoms with Crippen LogP contribution < -0.4 is 5.32 Å². The fourth-order valence-corrected chi connectivity index (χ4v) is 2.84. The molecule has 1 aliphatic carbocycles. The number of hydrogen-bond acceptors (Lipinski definition) is 4. The molecule has 18 heavy (non-hydrogen) atoms. The van der Waals surface area contributed by atoms with Crippen LogP contribution in [0.2, 0.25) is 0 Å². The first-order valence-corrected chi connectivity index (χ1v) is 7.03. The van der Waals surface area contributed by atoms with E-state index in [9.17, 15) is 15.0 Å². The fraction of sp³-hybridized carbons (Fsp3) is 0.923. The minimum Gasteiger partial charge on any atom is -0.389 e. The molecule has 0 unspecified atom stereocenters. The van der Waals surface area contributed by atoms with Crippen LogP contribution >= 0.6 is 0 Å². The number of nitrogens with one attached hydrogen (secondary N) is 1. The Morgan fingerprint density at radius 3 is 2.33 bits per heavy atom. The number of carbonyl (C=O) groups is 1. The second kappa shape index (κ2) is 6.50. The van der Waals surface area contributed by atoms with Gasteiger partial charge in [0.25, 0.3) is 0 Å². The van der Waals surface area contributed by atoms with Crippen LogP contribution in [0.1, 0.15) is 38.5 Å². The molecule has 0 aromatic heterocycles. The third kappa shape index (κ3) is 3.93. The van der Waals surface area contributed by atoms with Crippen LogP contribution in [-0.4, -0.2) is 58.9 Å². The van der Waals surface area contributed by atoms with E-state index in [1.807, 2.05) is 4.90 Å². The molecule has 5 nitrogen and oxygen atoms in total. The highest BCUT2D eigenvalue weighted by molar-refractivity contribution is 5.76. The molecule has 2 fully saturated rings. The maximum absolute atomic E-state index is 11.8. The van der Waals surface area contributed by atoms with Crippen molar-refractivity contribution in [2.24, 2.45) is 0 Å². The topological polar surface area (TPSA) is 72.8 Å². The van der Waals surface area contributed by atoms with E-state index in [1.54, 1.807) is 0 Å². The quantitative estimate of drug-likeness (QED) is 0.655. The van der Waals surface area contributed by atoms with E-state index >= 15 is 0 Å². The third-order valence-electron chi connectivity index (χ3n) is 3.96. The van der Waals surface area contributed by atoms with Crippen molar-refractivity contribution in [2.75, 3.05) is 19.6 Å². The van der Waals surface area contributed by atoms with Crippen molar-refractivity contribution in [2.45, 2.75) is 56.8 Å². The molecule has 0 bridgehead atoms. The van der Waals surface area contributed by atoms with Crippen molar-refractivity contribution in [3.8, 4) is 0 Å². The van der Waals surface area contributed by atoms with Crippen LogP contribution in [-0.2, 0) is 4.79 Å². The molecule has 1 aliphatic heterocycles. The van der Waals surface area contributed by atoms with Gasteiger partial charge in [-0.2, -0.15) is 0 Å². The van der Waals surface area contributed by atoms with Gasteiger partial charge in [0, 0.05) is 32.1 Å². The predicted molar refractivity (Wildman–Crippen MR) is 68.1 cm³/mol. The molecule has 1 amide bonds. The summed E-state index contributed by atoms with van der Waals surface area (Å²) in [4.78, 5) is 13.7. The maximum atomic E-state index is 11.8. The van der Waals surface area contributed by atoms with Crippen LogP contribution in [0, 0.1) is 0 Å². The van der Waals surface area contributed by atoms with Gasteiger partial charge in [0.05, 0.1) is 12.2 Å². The summed E-state index contributed by atoms with van der Waals surface area (Å²) in [7, 11) is 0. The SMILES string of the molecule is O=C(CCN1C[C@@H](O)[C@@H](O)C1)NC1CCCCC1. The first-order valence-electron chi connectivity index (χ1n) is 7.03. The third-order valence-corrected chi connectivity index (χ3v) is 3.96. The highest BCUT2D eigenvalue weighted by Crippen LogP contribution is 2.17. The average Bonchev–Trinajstić information content (AvgIpc) is 2.68. The molecular weight excluding hydrogens is 232 g/mol. The minimum atomic E-state index is -0.661. The smallest absolute Gasteiger partial charge is 0.221 e. The number of rotatable bonds is 4. The molecule has 2 aliphatic rings. The van der Waals surface area contributed by atoms with Gasteiger partial charge in [0.1, 0.15) is 0 Å². The Kier molecular flexibility index (Phi) is 4.97. The molecule has 1 saturated heterocycles. The van der Waals surface area contributed by atoms with Crippen LogP contribution in [0.4, 0.5) is 0 Å². The van der Waals surface area contributed by atoms with Crippen molar-refractivity contribution >= 4 is 5.91 Å². The summed E-state index contributed by atoms with van der Waals surface area (Å²) in [5.41, 5.74) is 0. The molecule has 3 N–H and O–H groups in total. The lowest BCUT2D eigenvalue weighted by Gasteiger charge is -2.23. The van der Waals surface area contributed by atoms with E-state index in [0.29, 0.717) is 32.1 Å². The van der Waals surface area contributed by atoms with Gasteiger partial charge in [0.15, 0.2) is 0 Å². The zero-order valence-electron chi connectivity index (χ0n) is 10.8. The molecule has 0 aromatic carbocycles. The molecule has 2 rings (SSSR count). The number of β-amino-alcohol motifs (C(OH)–C–C–N with tert-alkyl or cyclic N) is 2. The number of likely N-dealkylation sites (tertiary alicyclic amines) is 1. The Morgan fingerprint density at radius 1 is 1.11 bits per heavy atom. The van der Waals surface area contributed by atoms with Crippen LogP contribution in [0.5, 0.6) is 0 Å².